The van der Waals surface area contributed by atoms with E-state index in [2.05, 4.69) is 35.2 Å². The van der Waals surface area contributed by atoms with E-state index in [1.165, 1.54) is 5.56 Å². The Bertz CT molecular complexity index is 529. The molecule has 2 aliphatic heterocycles. The molecule has 0 aromatic heterocycles. The summed E-state index contributed by atoms with van der Waals surface area (Å²) < 4.78 is 5.49. The van der Waals surface area contributed by atoms with Crippen LogP contribution in [-0.4, -0.2) is 72.4 Å². The van der Waals surface area contributed by atoms with Crippen LogP contribution in [0.2, 0.25) is 0 Å². The standard InChI is InChI=1S/C19H28N2O3/c1-2-24-18-13-21(12-17(18)22)19(23)14-20-10-8-16(9-11-20)15-6-4-3-5-7-15/h3-7,16-18,22H,2,8-14H2,1H3/t17-,18-/m1/s1. The molecular weight excluding hydrogens is 304 g/mol. The molecule has 1 aromatic rings. The first-order valence-electron chi connectivity index (χ1n) is 9.02. The zero-order chi connectivity index (χ0) is 16.9. The smallest absolute Gasteiger partial charge is 0.236 e. The number of amides is 1. The molecule has 3 rings (SSSR count). The number of β-amino-alcohol motifs (C(OH)–C–C–N with tert-alkyl or cyclic N) is 1. The van der Waals surface area contributed by atoms with Gasteiger partial charge in [0.1, 0.15) is 6.10 Å². The van der Waals surface area contributed by atoms with Crippen LogP contribution in [0.3, 0.4) is 0 Å². The second-order valence-electron chi connectivity index (χ2n) is 6.82. The van der Waals surface area contributed by atoms with Crippen LogP contribution in [-0.2, 0) is 9.53 Å². The number of hydrogen-bond acceptors (Lipinski definition) is 4. The highest BCUT2D eigenvalue weighted by molar-refractivity contribution is 5.78. The van der Waals surface area contributed by atoms with Gasteiger partial charge in [0.2, 0.25) is 5.91 Å². The Hall–Kier alpha value is -1.43. The van der Waals surface area contributed by atoms with Crippen LogP contribution < -0.4 is 0 Å². The molecule has 2 fully saturated rings. The van der Waals surface area contributed by atoms with Gasteiger partial charge in [-0.05, 0) is 44.3 Å². The number of benzene rings is 1. The first-order chi connectivity index (χ1) is 11.7. The average Bonchev–Trinajstić information content (AvgIpc) is 2.98. The molecule has 2 atom stereocenters. The van der Waals surface area contributed by atoms with E-state index in [1.54, 1.807) is 4.90 Å². The van der Waals surface area contributed by atoms with E-state index in [0.717, 1.165) is 25.9 Å². The van der Waals surface area contributed by atoms with Gasteiger partial charge in [-0.25, -0.2) is 0 Å². The quantitative estimate of drug-likeness (QED) is 0.887. The van der Waals surface area contributed by atoms with Crippen molar-refractivity contribution in [3.8, 4) is 0 Å². The summed E-state index contributed by atoms with van der Waals surface area (Å²) in [6.07, 6.45) is 1.41. The maximum Gasteiger partial charge on any atom is 0.236 e. The summed E-state index contributed by atoms with van der Waals surface area (Å²) in [5, 5.41) is 9.97. The van der Waals surface area contributed by atoms with Crippen molar-refractivity contribution in [3.05, 3.63) is 35.9 Å². The van der Waals surface area contributed by atoms with Crippen molar-refractivity contribution < 1.29 is 14.6 Å². The molecule has 0 bridgehead atoms. The first kappa shape index (κ1) is 17.4. The molecule has 2 saturated heterocycles. The highest BCUT2D eigenvalue weighted by Crippen LogP contribution is 2.27. The van der Waals surface area contributed by atoms with Crippen LogP contribution in [0.15, 0.2) is 30.3 Å². The summed E-state index contributed by atoms with van der Waals surface area (Å²) in [4.78, 5) is 16.5. The van der Waals surface area contributed by atoms with Crippen molar-refractivity contribution >= 4 is 5.91 Å². The molecule has 0 aliphatic carbocycles. The van der Waals surface area contributed by atoms with Crippen molar-refractivity contribution in [2.24, 2.45) is 0 Å². The third kappa shape index (κ3) is 4.15. The lowest BCUT2D eigenvalue weighted by molar-refractivity contribution is -0.132. The van der Waals surface area contributed by atoms with E-state index in [0.29, 0.717) is 32.2 Å². The minimum atomic E-state index is -0.558. The minimum Gasteiger partial charge on any atom is -0.388 e. The maximum absolute atomic E-state index is 12.5. The van der Waals surface area contributed by atoms with Crippen molar-refractivity contribution in [2.45, 2.75) is 37.9 Å². The Morgan fingerprint density at radius 3 is 2.58 bits per heavy atom. The van der Waals surface area contributed by atoms with Gasteiger partial charge in [0, 0.05) is 19.7 Å². The molecule has 0 radical (unpaired) electrons. The Morgan fingerprint density at radius 1 is 1.21 bits per heavy atom. The molecule has 1 aromatic carbocycles. The second kappa shape index (κ2) is 8.10. The maximum atomic E-state index is 12.5. The third-order valence-corrected chi connectivity index (χ3v) is 5.19. The first-order valence-corrected chi connectivity index (χ1v) is 9.02. The lowest BCUT2D eigenvalue weighted by Crippen LogP contribution is -2.42. The number of piperidine rings is 1. The van der Waals surface area contributed by atoms with Gasteiger partial charge in [-0.15, -0.1) is 0 Å². The average molecular weight is 332 g/mol. The van der Waals surface area contributed by atoms with E-state index in [-0.39, 0.29) is 12.0 Å². The van der Waals surface area contributed by atoms with Crippen LogP contribution in [0.1, 0.15) is 31.2 Å². The monoisotopic (exact) mass is 332 g/mol. The molecule has 1 N–H and O–H groups in total. The third-order valence-electron chi connectivity index (χ3n) is 5.19. The minimum absolute atomic E-state index is 0.106. The van der Waals surface area contributed by atoms with E-state index >= 15 is 0 Å². The SMILES string of the molecule is CCO[C@@H]1CN(C(=O)CN2CCC(c3ccccc3)CC2)C[C@H]1O. The predicted octanol–water partition coefficient (Wildman–Crippen LogP) is 1.47. The van der Waals surface area contributed by atoms with Crippen LogP contribution >= 0.6 is 0 Å². The highest BCUT2D eigenvalue weighted by atomic mass is 16.5. The molecule has 2 aliphatic rings. The number of hydrogen-bond donors (Lipinski definition) is 1. The van der Waals surface area contributed by atoms with Gasteiger partial charge in [-0.1, -0.05) is 30.3 Å². The van der Waals surface area contributed by atoms with Gasteiger partial charge in [0.25, 0.3) is 0 Å². The number of nitrogens with zero attached hydrogens (tertiary/aromatic N) is 2. The van der Waals surface area contributed by atoms with Gasteiger partial charge < -0.3 is 14.7 Å². The molecule has 24 heavy (non-hydrogen) atoms. The lowest BCUT2D eigenvalue weighted by Gasteiger charge is -2.32. The van der Waals surface area contributed by atoms with Crippen LogP contribution in [0.5, 0.6) is 0 Å². The number of ether oxygens (including phenoxy) is 1. The molecule has 1 amide bonds. The van der Waals surface area contributed by atoms with Crippen molar-refractivity contribution in [1.82, 2.24) is 9.80 Å². The number of aliphatic hydroxyl groups is 1. The number of carbonyl (C=O) groups is 1. The zero-order valence-electron chi connectivity index (χ0n) is 14.4. The number of carbonyl (C=O) groups excluding carboxylic acids is 1. The molecule has 132 valence electrons. The topological polar surface area (TPSA) is 53.0 Å². The summed E-state index contributed by atoms with van der Waals surface area (Å²) in [6, 6.07) is 10.6. The van der Waals surface area contributed by atoms with Gasteiger partial charge in [-0.2, -0.15) is 0 Å². The summed E-state index contributed by atoms with van der Waals surface area (Å²) in [6.45, 7) is 5.74. The fraction of sp³-hybridized carbons (Fsp3) is 0.632. The summed E-state index contributed by atoms with van der Waals surface area (Å²) in [5.74, 6) is 0.711. The van der Waals surface area contributed by atoms with Crippen LogP contribution in [0.4, 0.5) is 0 Å². The second-order valence-corrected chi connectivity index (χ2v) is 6.82. The van der Waals surface area contributed by atoms with Gasteiger partial charge >= 0.3 is 0 Å². The number of aliphatic hydroxyl groups excluding tert-OH is 1. The predicted molar refractivity (Wildman–Crippen MR) is 92.9 cm³/mol. The van der Waals surface area contributed by atoms with Crippen LogP contribution in [0, 0.1) is 0 Å². The molecule has 5 nitrogen and oxygen atoms in total. The molecule has 2 heterocycles. The summed E-state index contributed by atoms with van der Waals surface area (Å²) >= 11 is 0. The largest absolute Gasteiger partial charge is 0.388 e. The van der Waals surface area contributed by atoms with E-state index in [4.69, 9.17) is 4.74 Å². The zero-order valence-corrected chi connectivity index (χ0v) is 14.4. The molecular formula is C19H28N2O3. The summed E-state index contributed by atoms with van der Waals surface area (Å²) in [5.41, 5.74) is 1.41. The molecule has 5 heteroatoms. The van der Waals surface area contributed by atoms with Crippen molar-refractivity contribution in [3.63, 3.8) is 0 Å². The van der Waals surface area contributed by atoms with Crippen LogP contribution in [0.25, 0.3) is 0 Å². The summed E-state index contributed by atoms with van der Waals surface area (Å²) in [7, 11) is 0. The molecule has 0 saturated carbocycles. The van der Waals surface area contributed by atoms with E-state index < -0.39 is 6.10 Å². The van der Waals surface area contributed by atoms with Crippen molar-refractivity contribution in [2.75, 3.05) is 39.3 Å². The fourth-order valence-corrected chi connectivity index (χ4v) is 3.78. The highest BCUT2D eigenvalue weighted by Gasteiger charge is 2.35. The Labute approximate surface area is 144 Å². The Balaban J connectivity index is 1.45. The van der Waals surface area contributed by atoms with E-state index in [9.17, 15) is 9.90 Å². The Morgan fingerprint density at radius 2 is 1.92 bits per heavy atom. The van der Waals surface area contributed by atoms with Crippen molar-refractivity contribution in [1.29, 1.82) is 0 Å². The number of likely N-dealkylation sites (tertiary alicyclic amines) is 2. The lowest BCUT2D eigenvalue weighted by atomic mass is 9.89. The van der Waals surface area contributed by atoms with Gasteiger partial charge in [0.05, 0.1) is 12.6 Å². The Kier molecular flexibility index (Phi) is 5.87. The molecule has 0 unspecified atom stereocenters. The normalized spacial score (nSPS) is 26.0. The fourth-order valence-electron chi connectivity index (χ4n) is 3.78. The van der Waals surface area contributed by atoms with Gasteiger partial charge in [-0.3, -0.25) is 9.69 Å². The molecule has 0 spiro atoms. The number of rotatable bonds is 5. The van der Waals surface area contributed by atoms with E-state index in [1.807, 2.05) is 6.92 Å². The van der Waals surface area contributed by atoms with Gasteiger partial charge in [0.15, 0.2) is 0 Å².